The zero-order valence-electron chi connectivity index (χ0n) is 23.1. The van der Waals surface area contributed by atoms with Crippen molar-refractivity contribution in [3.05, 3.63) is 30.0 Å². The SMILES string of the molecule is CCCC/C(C)=N/N=C(\C)CNC(=O)C(NC(=O)c1nn(CCCCC#N)c2ccccc12)C(C)(C)C. The molecule has 0 fully saturated rings. The summed E-state index contributed by atoms with van der Waals surface area (Å²) in [6, 6.07) is 8.93. The van der Waals surface area contributed by atoms with Gasteiger partial charge in [0.2, 0.25) is 5.91 Å². The van der Waals surface area contributed by atoms with Crippen molar-refractivity contribution in [3.63, 3.8) is 0 Å². The van der Waals surface area contributed by atoms with Crippen LogP contribution >= 0.6 is 0 Å². The Kier molecular flexibility index (Phi) is 11.4. The lowest BCUT2D eigenvalue weighted by Gasteiger charge is -2.30. The van der Waals surface area contributed by atoms with Crippen LogP contribution in [0.1, 0.15) is 90.6 Å². The Morgan fingerprint density at radius 2 is 1.81 bits per heavy atom. The van der Waals surface area contributed by atoms with Gasteiger partial charge in [0, 0.05) is 24.1 Å². The molecule has 1 unspecified atom stereocenters. The van der Waals surface area contributed by atoms with E-state index in [2.05, 4.69) is 38.9 Å². The largest absolute Gasteiger partial charge is 0.349 e. The van der Waals surface area contributed by atoms with Crippen LogP contribution in [-0.4, -0.2) is 45.6 Å². The number of fused-ring (bicyclic) bond motifs is 1. The van der Waals surface area contributed by atoms with Crippen LogP contribution in [0, 0.1) is 16.7 Å². The zero-order valence-corrected chi connectivity index (χ0v) is 23.1. The highest BCUT2D eigenvalue weighted by Gasteiger charge is 2.34. The molecule has 200 valence electrons. The lowest BCUT2D eigenvalue weighted by Crippen LogP contribution is -2.54. The molecule has 37 heavy (non-hydrogen) atoms. The molecule has 9 nitrogen and oxygen atoms in total. The number of nitriles is 1. The van der Waals surface area contributed by atoms with Crippen LogP contribution in [0.25, 0.3) is 10.9 Å². The molecule has 0 aliphatic carbocycles. The molecule has 1 aromatic heterocycles. The van der Waals surface area contributed by atoms with E-state index in [1.165, 1.54) is 0 Å². The second kappa shape index (κ2) is 14.3. The average molecular weight is 508 g/mol. The number of hydrogen-bond donors (Lipinski definition) is 2. The predicted molar refractivity (Wildman–Crippen MR) is 149 cm³/mol. The Morgan fingerprint density at radius 1 is 1.11 bits per heavy atom. The van der Waals surface area contributed by atoms with Crippen LogP contribution in [0.15, 0.2) is 34.5 Å². The van der Waals surface area contributed by atoms with E-state index in [9.17, 15) is 9.59 Å². The Hall–Kier alpha value is -3.54. The minimum absolute atomic E-state index is 0.242. The van der Waals surface area contributed by atoms with Gasteiger partial charge in [-0.05, 0) is 51.0 Å². The maximum absolute atomic E-state index is 13.4. The third-order valence-electron chi connectivity index (χ3n) is 5.99. The van der Waals surface area contributed by atoms with Gasteiger partial charge in [-0.2, -0.15) is 20.6 Å². The summed E-state index contributed by atoms with van der Waals surface area (Å²) in [5.74, 6) is -0.689. The first kappa shape index (κ1) is 29.7. The molecule has 0 aliphatic heterocycles. The van der Waals surface area contributed by atoms with Crippen LogP contribution in [-0.2, 0) is 11.3 Å². The summed E-state index contributed by atoms with van der Waals surface area (Å²) in [7, 11) is 0. The summed E-state index contributed by atoms with van der Waals surface area (Å²) in [6.45, 7) is 12.5. The molecule has 2 rings (SSSR count). The highest BCUT2D eigenvalue weighted by Crippen LogP contribution is 2.23. The third-order valence-corrected chi connectivity index (χ3v) is 5.99. The number of hydrogen-bond acceptors (Lipinski definition) is 6. The van der Waals surface area contributed by atoms with Crippen molar-refractivity contribution in [1.29, 1.82) is 5.26 Å². The van der Waals surface area contributed by atoms with Gasteiger partial charge in [0.15, 0.2) is 5.69 Å². The normalized spacial score (nSPS) is 13.3. The van der Waals surface area contributed by atoms with Gasteiger partial charge in [-0.3, -0.25) is 14.3 Å². The predicted octanol–water partition coefficient (Wildman–Crippen LogP) is 5.02. The summed E-state index contributed by atoms with van der Waals surface area (Å²) in [5, 5.41) is 28.4. The maximum Gasteiger partial charge on any atom is 0.273 e. The summed E-state index contributed by atoms with van der Waals surface area (Å²) in [4.78, 5) is 26.5. The molecule has 1 atom stereocenters. The van der Waals surface area contributed by atoms with Gasteiger partial charge in [-0.25, -0.2) is 0 Å². The maximum atomic E-state index is 13.4. The number of carbonyl (C=O) groups excluding carboxylic acids is 2. The van der Waals surface area contributed by atoms with Crippen LogP contribution < -0.4 is 10.6 Å². The fourth-order valence-electron chi connectivity index (χ4n) is 3.81. The van der Waals surface area contributed by atoms with Gasteiger partial charge in [0.25, 0.3) is 5.91 Å². The summed E-state index contributed by atoms with van der Waals surface area (Å²) < 4.78 is 1.80. The van der Waals surface area contributed by atoms with Crippen molar-refractivity contribution in [2.24, 2.45) is 15.6 Å². The van der Waals surface area contributed by atoms with E-state index in [-0.39, 0.29) is 18.1 Å². The van der Waals surface area contributed by atoms with Crippen molar-refractivity contribution in [2.75, 3.05) is 6.54 Å². The molecule has 9 heteroatoms. The van der Waals surface area contributed by atoms with Crippen LogP contribution in [0.4, 0.5) is 0 Å². The second-order valence-corrected chi connectivity index (χ2v) is 10.5. The van der Waals surface area contributed by atoms with Crippen LogP contribution in [0.3, 0.4) is 0 Å². The van der Waals surface area contributed by atoms with E-state index in [4.69, 9.17) is 5.26 Å². The van der Waals surface area contributed by atoms with E-state index in [1.54, 1.807) is 4.68 Å². The first-order chi connectivity index (χ1) is 17.6. The number of nitrogens with zero attached hydrogens (tertiary/aromatic N) is 5. The molecule has 0 bridgehead atoms. The number of benzene rings is 1. The molecule has 2 N–H and O–H groups in total. The van der Waals surface area contributed by atoms with Gasteiger partial charge in [0.05, 0.1) is 23.8 Å². The standard InChI is InChI=1S/C28H41N7O2/c1-7-8-14-20(2)32-33-21(3)19-30-27(37)25(28(4,5)6)31-26(36)24-22-15-10-11-16-23(22)35(34-24)18-13-9-12-17-29/h10-11,15-16,25H,7-9,12-14,18-19H2,1-6H3,(H,30,37)(H,31,36)/b32-20+,33-21+. The summed E-state index contributed by atoms with van der Waals surface area (Å²) >= 11 is 0. The fraction of sp³-hybridized carbons (Fsp3) is 0.571. The minimum atomic E-state index is -0.776. The Morgan fingerprint density at radius 3 is 2.49 bits per heavy atom. The third kappa shape index (κ3) is 9.12. The molecule has 0 aliphatic rings. The fourth-order valence-corrected chi connectivity index (χ4v) is 3.81. The van der Waals surface area contributed by atoms with E-state index >= 15 is 0 Å². The summed E-state index contributed by atoms with van der Waals surface area (Å²) in [6.07, 6.45) is 5.12. The van der Waals surface area contributed by atoms with E-state index < -0.39 is 17.4 Å². The Labute approximate surface area is 220 Å². The quantitative estimate of drug-likeness (QED) is 0.224. The molecule has 0 saturated heterocycles. The van der Waals surface area contributed by atoms with Crippen molar-refractivity contribution < 1.29 is 9.59 Å². The van der Waals surface area contributed by atoms with Crippen molar-refractivity contribution in [2.45, 2.75) is 92.7 Å². The number of aromatic nitrogens is 2. The highest BCUT2D eigenvalue weighted by molar-refractivity contribution is 6.06. The van der Waals surface area contributed by atoms with Gasteiger partial charge < -0.3 is 10.6 Å². The van der Waals surface area contributed by atoms with E-state index in [0.717, 1.165) is 48.7 Å². The number of aryl methyl sites for hydroxylation is 1. The average Bonchev–Trinajstić information content (AvgIpc) is 3.23. The van der Waals surface area contributed by atoms with Gasteiger partial charge in [0.1, 0.15) is 6.04 Å². The zero-order chi connectivity index (χ0) is 27.4. The first-order valence-corrected chi connectivity index (χ1v) is 13.1. The number of unbranched alkanes of at least 4 members (excludes halogenated alkanes) is 3. The molecular weight excluding hydrogens is 466 g/mol. The van der Waals surface area contributed by atoms with Crippen LogP contribution in [0.2, 0.25) is 0 Å². The highest BCUT2D eigenvalue weighted by atomic mass is 16.2. The molecule has 0 spiro atoms. The number of rotatable bonds is 13. The lowest BCUT2D eigenvalue weighted by molar-refractivity contribution is -0.125. The topological polar surface area (TPSA) is 125 Å². The van der Waals surface area contributed by atoms with E-state index in [1.807, 2.05) is 58.9 Å². The monoisotopic (exact) mass is 507 g/mol. The smallest absolute Gasteiger partial charge is 0.273 e. The Balaban J connectivity index is 2.14. The number of amides is 2. The number of nitrogens with one attached hydrogen (secondary N) is 2. The van der Waals surface area contributed by atoms with Crippen molar-refractivity contribution in [1.82, 2.24) is 20.4 Å². The van der Waals surface area contributed by atoms with Crippen molar-refractivity contribution in [3.8, 4) is 6.07 Å². The van der Waals surface area contributed by atoms with Gasteiger partial charge in [-0.15, -0.1) is 0 Å². The number of carbonyl (C=O) groups is 2. The first-order valence-electron chi connectivity index (χ1n) is 13.1. The molecular formula is C28H41N7O2. The van der Waals surface area contributed by atoms with Gasteiger partial charge >= 0.3 is 0 Å². The second-order valence-electron chi connectivity index (χ2n) is 10.5. The minimum Gasteiger partial charge on any atom is -0.349 e. The lowest BCUT2D eigenvalue weighted by atomic mass is 9.86. The van der Waals surface area contributed by atoms with E-state index in [0.29, 0.717) is 18.7 Å². The summed E-state index contributed by atoms with van der Waals surface area (Å²) in [5.41, 5.74) is 2.25. The molecule has 2 amide bonds. The molecule has 1 aromatic carbocycles. The molecule has 0 radical (unpaired) electrons. The molecule has 0 saturated carbocycles. The van der Waals surface area contributed by atoms with Gasteiger partial charge in [-0.1, -0.05) is 52.3 Å². The number of para-hydroxylation sites is 1. The molecule has 2 aromatic rings. The Bertz CT molecular complexity index is 1170. The van der Waals surface area contributed by atoms with Crippen molar-refractivity contribution >= 4 is 34.1 Å². The molecule has 1 heterocycles. The van der Waals surface area contributed by atoms with Crippen LogP contribution in [0.5, 0.6) is 0 Å².